The smallest absolute Gasteiger partial charge is 0.137 e. The summed E-state index contributed by atoms with van der Waals surface area (Å²) in [7, 11) is 0. The molecule has 0 radical (unpaired) electrons. The molecule has 1 aromatic heterocycles. The van der Waals surface area contributed by atoms with E-state index in [2.05, 4.69) is 25.8 Å². The van der Waals surface area contributed by atoms with Crippen LogP contribution in [0.5, 0.6) is 0 Å². The van der Waals surface area contributed by atoms with Gasteiger partial charge in [0.2, 0.25) is 0 Å². The van der Waals surface area contributed by atoms with Crippen molar-refractivity contribution in [1.82, 2.24) is 25.8 Å². The zero-order valence-corrected chi connectivity index (χ0v) is 8.29. The molecule has 0 atom stereocenters. The van der Waals surface area contributed by atoms with Gasteiger partial charge in [0.25, 0.3) is 0 Å². The zero-order valence-electron chi connectivity index (χ0n) is 8.29. The van der Waals surface area contributed by atoms with E-state index in [0.29, 0.717) is 6.04 Å². The molecular formula is C9H17N5. The molecule has 1 aliphatic heterocycles. The second-order valence-electron chi connectivity index (χ2n) is 3.66. The predicted octanol–water partition coefficient (Wildman–Crippen LogP) is -0.311. The highest BCUT2D eigenvalue weighted by molar-refractivity contribution is 4.82. The van der Waals surface area contributed by atoms with Crippen molar-refractivity contribution in [3.8, 4) is 0 Å². The van der Waals surface area contributed by atoms with E-state index in [-0.39, 0.29) is 0 Å². The summed E-state index contributed by atoms with van der Waals surface area (Å²) in [6, 6.07) is 0.680. The van der Waals surface area contributed by atoms with Crippen molar-refractivity contribution in [3.05, 3.63) is 12.2 Å². The monoisotopic (exact) mass is 195 g/mol. The van der Waals surface area contributed by atoms with E-state index in [1.165, 1.54) is 12.8 Å². The minimum Gasteiger partial charge on any atom is -0.317 e. The highest BCUT2D eigenvalue weighted by Gasteiger charge is 2.11. The first-order chi connectivity index (χ1) is 6.95. The molecule has 0 aromatic carbocycles. The Morgan fingerprint density at radius 2 is 2.29 bits per heavy atom. The molecule has 1 saturated heterocycles. The Hall–Kier alpha value is -0.940. The SMILES string of the molecule is c1n[nH]c(CCNC2CCNCC2)n1. The van der Waals surface area contributed by atoms with Gasteiger partial charge in [0.15, 0.2) is 0 Å². The number of piperidine rings is 1. The summed E-state index contributed by atoms with van der Waals surface area (Å²) in [6.07, 6.45) is 4.95. The van der Waals surface area contributed by atoms with Crippen LogP contribution in [0.15, 0.2) is 6.33 Å². The van der Waals surface area contributed by atoms with Gasteiger partial charge in [-0.15, -0.1) is 0 Å². The van der Waals surface area contributed by atoms with Crippen molar-refractivity contribution in [2.45, 2.75) is 25.3 Å². The summed E-state index contributed by atoms with van der Waals surface area (Å²) in [5.41, 5.74) is 0. The Balaban J connectivity index is 1.62. The Bertz CT molecular complexity index is 240. The Morgan fingerprint density at radius 1 is 1.43 bits per heavy atom. The van der Waals surface area contributed by atoms with E-state index in [1.807, 2.05) is 0 Å². The molecule has 3 N–H and O–H groups in total. The number of rotatable bonds is 4. The summed E-state index contributed by atoms with van der Waals surface area (Å²) >= 11 is 0. The maximum Gasteiger partial charge on any atom is 0.137 e. The lowest BCUT2D eigenvalue weighted by Crippen LogP contribution is -2.40. The Labute approximate surface area is 83.7 Å². The molecule has 78 valence electrons. The van der Waals surface area contributed by atoms with E-state index in [4.69, 9.17) is 0 Å². The Kier molecular flexibility index (Phi) is 3.48. The lowest BCUT2D eigenvalue weighted by molar-refractivity contribution is 0.389. The maximum absolute atomic E-state index is 4.08. The standard InChI is InChI=1S/C9H17N5/c1-4-10-5-2-8(1)11-6-3-9-12-7-13-14-9/h7-8,10-11H,1-6H2,(H,12,13,14). The van der Waals surface area contributed by atoms with Gasteiger partial charge in [-0.2, -0.15) is 5.10 Å². The minimum absolute atomic E-state index is 0.680. The van der Waals surface area contributed by atoms with Crippen LogP contribution < -0.4 is 10.6 Å². The zero-order chi connectivity index (χ0) is 9.64. The molecule has 5 heteroatoms. The number of hydrogen-bond donors (Lipinski definition) is 3. The molecule has 0 saturated carbocycles. The molecule has 0 aliphatic carbocycles. The highest BCUT2D eigenvalue weighted by Crippen LogP contribution is 2.01. The minimum atomic E-state index is 0.680. The number of nitrogens with one attached hydrogen (secondary N) is 3. The summed E-state index contributed by atoms with van der Waals surface area (Å²) in [5.74, 6) is 0.964. The van der Waals surface area contributed by atoms with E-state index < -0.39 is 0 Å². The second kappa shape index (κ2) is 5.07. The van der Waals surface area contributed by atoms with Gasteiger partial charge in [-0.1, -0.05) is 0 Å². The van der Waals surface area contributed by atoms with Gasteiger partial charge >= 0.3 is 0 Å². The molecule has 0 spiro atoms. The molecule has 5 nitrogen and oxygen atoms in total. The van der Waals surface area contributed by atoms with Gasteiger partial charge in [0.05, 0.1) is 0 Å². The van der Waals surface area contributed by atoms with Crippen molar-refractivity contribution in [2.75, 3.05) is 19.6 Å². The molecule has 1 aromatic rings. The van der Waals surface area contributed by atoms with E-state index >= 15 is 0 Å². The molecule has 2 heterocycles. The first kappa shape index (κ1) is 9.61. The number of aromatic nitrogens is 3. The molecule has 0 bridgehead atoms. The van der Waals surface area contributed by atoms with Crippen molar-refractivity contribution >= 4 is 0 Å². The second-order valence-corrected chi connectivity index (χ2v) is 3.66. The third kappa shape index (κ3) is 2.78. The van der Waals surface area contributed by atoms with Crippen molar-refractivity contribution in [1.29, 1.82) is 0 Å². The summed E-state index contributed by atoms with van der Waals surface area (Å²) in [5, 5.41) is 13.6. The summed E-state index contributed by atoms with van der Waals surface area (Å²) in [4.78, 5) is 4.08. The van der Waals surface area contributed by atoms with Crippen LogP contribution in [0.2, 0.25) is 0 Å². The van der Waals surface area contributed by atoms with Gasteiger partial charge in [-0.05, 0) is 25.9 Å². The summed E-state index contributed by atoms with van der Waals surface area (Å²) < 4.78 is 0. The number of hydrogen-bond acceptors (Lipinski definition) is 4. The number of nitrogens with zero attached hydrogens (tertiary/aromatic N) is 2. The lowest BCUT2D eigenvalue weighted by Gasteiger charge is -2.23. The van der Waals surface area contributed by atoms with Crippen LogP contribution in [0.4, 0.5) is 0 Å². The van der Waals surface area contributed by atoms with Gasteiger partial charge in [0, 0.05) is 19.0 Å². The van der Waals surface area contributed by atoms with Gasteiger partial charge in [0.1, 0.15) is 12.2 Å². The predicted molar refractivity (Wildman–Crippen MR) is 54.0 cm³/mol. The van der Waals surface area contributed by atoms with Crippen LogP contribution >= 0.6 is 0 Å². The van der Waals surface area contributed by atoms with E-state index in [0.717, 1.165) is 31.9 Å². The molecule has 1 fully saturated rings. The fourth-order valence-electron chi connectivity index (χ4n) is 1.77. The average molecular weight is 195 g/mol. The van der Waals surface area contributed by atoms with Crippen LogP contribution in [0.1, 0.15) is 18.7 Å². The third-order valence-corrected chi connectivity index (χ3v) is 2.60. The fourth-order valence-corrected chi connectivity index (χ4v) is 1.77. The molecule has 0 unspecified atom stereocenters. The molecule has 2 rings (SSSR count). The van der Waals surface area contributed by atoms with Crippen LogP contribution in [-0.2, 0) is 6.42 Å². The van der Waals surface area contributed by atoms with Crippen LogP contribution in [-0.4, -0.2) is 40.9 Å². The number of aromatic amines is 1. The fraction of sp³-hybridized carbons (Fsp3) is 0.778. The molecule has 0 amide bonds. The highest BCUT2D eigenvalue weighted by atomic mass is 15.2. The maximum atomic E-state index is 4.08. The number of H-pyrrole nitrogens is 1. The van der Waals surface area contributed by atoms with E-state index in [9.17, 15) is 0 Å². The molecule has 1 aliphatic rings. The average Bonchev–Trinajstić information content (AvgIpc) is 2.72. The first-order valence-corrected chi connectivity index (χ1v) is 5.23. The van der Waals surface area contributed by atoms with Gasteiger partial charge < -0.3 is 10.6 Å². The van der Waals surface area contributed by atoms with Crippen molar-refractivity contribution in [3.63, 3.8) is 0 Å². The van der Waals surface area contributed by atoms with Gasteiger partial charge in [-0.3, -0.25) is 5.10 Å². The molecule has 14 heavy (non-hydrogen) atoms. The summed E-state index contributed by atoms with van der Waals surface area (Å²) in [6.45, 7) is 3.26. The molecular weight excluding hydrogens is 178 g/mol. The normalized spacial score (nSPS) is 18.6. The van der Waals surface area contributed by atoms with Crippen LogP contribution in [0.3, 0.4) is 0 Å². The topological polar surface area (TPSA) is 65.6 Å². The third-order valence-electron chi connectivity index (χ3n) is 2.60. The van der Waals surface area contributed by atoms with Crippen LogP contribution in [0.25, 0.3) is 0 Å². The Morgan fingerprint density at radius 3 is 3.00 bits per heavy atom. The van der Waals surface area contributed by atoms with Crippen molar-refractivity contribution < 1.29 is 0 Å². The van der Waals surface area contributed by atoms with Gasteiger partial charge in [-0.25, -0.2) is 4.98 Å². The largest absolute Gasteiger partial charge is 0.317 e. The quantitative estimate of drug-likeness (QED) is 0.616. The first-order valence-electron chi connectivity index (χ1n) is 5.23. The lowest BCUT2D eigenvalue weighted by atomic mass is 10.1. The van der Waals surface area contributed by atoms with E-state index in [1.54, 1.807) is 6.33 Å². The van der Waals surface area contributed by atoms with Crippen LogP contribution in [0, 0.1) is 0 Å². The van der Waals surface area contributed by atoms with Crippen molar-refractivity contribution in [2.24, 2.45) is 0 Å².